The summed E-state index contributed by atoms with van der Waals surface area (Å²) in [5.41, 5.74) is 11.0. The number of amides is 1. The lowest BCUT2D eigenvalue weighted by molar-refractivity contribution is 0.0369. The van der Waals surface area contributed by atoms with Crippen LogP contribution in [-0.2, 0) is 0 Å². The molecule has 4 nitrogen and oxygen atoms in total. The van der Waals surface area contributed by atoms with Gasteiger partial charge in [-0.1, -0.05) is 12.5 Å². The minimum Gasteiger partial charge on any atom is -0.399 e. The Morgan fingerprint density at radius 3 is 2.58 bits per heavy atom. The highest BCUT2D eigenvalue weighted by molar-refractivity contribution is 5.96. The summed E-state index contributed by atoms with van der Waals surface area (Å²) >= 11 is 0. The molecule has 104 valence electrons. The molecule has 0 spiro atoms. The number of carbonyl (C=O) groups excluding carboxylic acids is 1. The van der Waals surface area contributed by atoms with Crippen molar-refractivity contribution < 1.29 is 4.79 Å². The smallest absolute Gasteiger partial charge is 0.265 e. The molecule has 0 radical (unpaired) electrons. The van der Waals surface area contributed by atoms with Gasteiger partial charge in [-0.25, -0.2) is 5.01 Å². The summed E-state index contributed by atoms with van der Waals surface area (Å²) < 4.78 is 0. The summed E-state index contributed by atoms with van der Waals surface area (Å²) in [6, 6.07) is 6.21. The number of hydrazine groups is 1. The summed E-state index contributed by atoms with van der Waals surface area (Å²) in [5, 5.41) is 2.08. The largest absolute Gasteiger partial charge is 0.399 e. The maximum Gasteiger partial charge on any atom is 0.265 e. The molecular weight excluding hydrogens is 238 g/mol. The van der Waals surface area contributed by atoms with E-state index in [0.717, 1.165) is 18.4 Å². The highest BCUT2D eigenvalue weighted by atomic mass is 16.2. The molecule has 2 rings (SSSR count). The van der Waals surface area contributed by atoms with Crippen LogP contribution in [-0.4, -0.2) is 23.0 Å². The standard InChI is InChI=1S/C15H23N3O/c1-10-7-8-13(16)9-14(10)15(19)17-18-11(2)5-4-6-12(18)3/h7-9,11-12H,4-6,16H2,1-3H3,(H,17,19). The first-order chi connectivity index (χ1) is 8.99. The molecular formula is C15H23N3O. The van der Waals surface area contributed by atoms with E-state index in [1.807, 2.05) is 19.1 Å². The molecule has 1 heterocycles. The molecule has 0 saturated carbocycles. The molecule has 19 heavy (non-hydrogen) atoms. The van der Waals surface area contributed by atoms with Gasteiger partial charge in [0.15, 0.2) is 0 Å². The lowest BCUT2D eigenvalue weighted by Crippen LogP contribution is -2.54. The summed E-state index contributed by atoms with van der Waals surface area (Å²) in [6.07, 6.45) is 3.48. The van der Waals surface area contributed by atoms with Gasteiger partial charge in [-0.3, -0.25) is 10.2 Å². The number of carbonyl (C=O) groups is 1. The summed E-state index contributed by atoms with van der Waals surface area (Å²) in [4.78, 5) is 12.4. The molecule has 0 aliphatic carbocycles. The molecule has 1 fully saturated rings. The lowest BCUT2D eigenvalue weighted by atomic mass is 9.99. The zero-order valence-corrected chi connectivity index (χ0v) is 11.9. The number of nitrogen functional groups attached to an aromatic ring is 1. The van der Waals surface area contributed by atoms with Gasteiger partial charge in [0.05, 0.1) is 0 Å². The van der Waals surface area contributed by atoms with Crippen LogP contribution in [0.25, 0.3) is 0 Å². The molecule has 1 aromatic rings. The molecule has 1 amide bonds. The molecule has 0 aromatic heterocycles. The van der Waals surface area contributed by atoms with Crippen LogP contribution >= 0.6 is 0 Å². The van der Waals surface area contributed by atoms with Gasteiger partial charge in [0.1, 0.15) is 0 Å². The van der Waals surface area contributed by atoms with Crippen LogP contribution in [0.5, 0.6) is 0 Å². The number of aryl methyl sites for hydroxylation is 1. The van der Waals surface area contributed by atoms with Crippen molar-refractivity contribution in [2.75, 3.05) is 5.73 Å². The maximum atomic E-state index is 12.4. The second-order valence-corrected chi connectivity index (χ2v) is 5.55. The van der Waals surface area contributed by atoms with Crippen molar-refractivity contribution in [3.8, 4) is 0 Å². The van der Waals surface area contributed by atoms with Crippen molar-refractivity contribution >= 4 is 11.6 Å². The predicted molar refractivity (Wildman–Crippen MR) is 77.7 cm³/mol. The summed E-state index contributed by atoms with van der Waals surface area (Å²) in [7, 11) is 0. The van der Waals surface area contributed by atoms with E-state index in [2.05, 4.69) is 24.3 Å². The van der Waals surface area contributed by atoms with E-state index in [1.54, 1.807) is 6.07 Å². The number of rotatable bonds is 2. The third-order valence-corrected chi connectivity index (χ3v) is 3.93. The third kappa shape index (κ3) is 3.07. The molecule has 4 heteroatoms. The second-order valence-electron chi connectivity index (χ2n) is 5.55. The number of anilines is 1. The van der Waals surface area contributed by atoms with Crippen molar-refractivity contribution in [1.82, 2.24) is 10.4 Å². The highest BCUT2D eigenvalue weighted by Gasteiger charge is 2.26. The number of nitrogens with two attached hydrogens (primary N) is 1. The van der Waals surface area contributed by atoms with Gasteiger partial charge >= 0.3 is 0 Å². The van der Waals surface area contributed by atoms with Gasteiger partial charge in [0.25, 0.3) is 5.91 Å². The first-order valence-electron chi connectivity index (χ1n) is 6.94. The number of piperidine rings is 1. The predicted octanol–water partition coefficient (Wildman–Crippen LogP) is 2.48. The van der Waals surface area contributed by atoms with Gasteiger partial charge in [0, 0.05) is 23.3 Å². The Kier molecular flexibility index (Phi) is 4.10. The van der Waals surface area contributed by atoms with E-state index < -0.39 is 0 Å². The van der Waals surface area contributed by atoms with Crippen LogP contribution in [0.15, 0.2) is 18.2 Å². The lowest BCUT2D eigenvalue weighted by Gasteiger charge is -2.38. The van der Waals surface area contributed by atoms with E-state index in [9.17, 15) is 4.79 Å². The van der Waals surface area contributed by atoms with Gasteiger partial charge in [-0.15, -0.1) is 0 Å². The van der Waals surface area contributed by atoms with E-state index in [-0.39, 0.29) is 5.91 Å². The molecule has 1 aliphatic rings. The first-order valence-corrected chi connectivity index (χ1v) is 6.94. The Labute approximate surface area is 114 Å². The van der Waals surface area contributed by atoms with Gasteiger partial charge in [-0.05, 0) is 51.3 Å². The quantitative estimate of drug-likeness (QED) is 0.804. The van der Waals surface area contributed by atoms with E-state index in [1.165, 1.54) is 6.42 Å². The SMILES string of the molecule is Cc1ccc(N)cc1C(=O)NN1C(C)CCCC1C. The zero-order valence-electron chi connectivity index (χ0n) is 11.9. The molecule has 2 atom stereocenters. The Morgan fingerprint density at radius 2 is 1.95 bits per heavy atom. The summed E-state index contributed by atoms with van der Waals surface area (Å²) in [6.45, 7) is 6.24. The van der Waals surface area contributed by atoms with E-state index >= 15 is 0 Å². The number of nitrogens with zero attached hydrogens (tertiary/aromatic N) is 1. The maximum absolute atomic E-state index is 12.4. The Hall–Kier alpha value is -1.55. The average molecular weight is 261 g/mol. The topological polar surface area (TPSA) is 58.4 Å². The fourth-order valence-electron chi connectivity index (χ4n) is 2.70. The van der Waals surface area contributed by atoms with Crippen molar-refractivity contribution in [3.05, 3.63) is 29.3 Å². The molecule has 3 N–H and O–H groups in total. The number of nitrogens with one attached hydrogen (secondary N) is 1. The van der Waals surface area contributed by atoms with Crippen molar-refractivity contribution in [1.29, 1.82) is 0 Å². The van der Waals surface area contributed by atoms with Crippen LogP contribution in [0.1, 0.15) is 49.0 Å². The minimum absolute atomic E-state index is 0.0644. The van der Waals surface area contributed by atoms with E-state index in [0.29, 0.717) is 23.3 Å². The van der Waals surface area contributed by atoms with Crippen molar-refractivity contribution in [3.63, 3.8) is 0 Å². The molecule has 0 bridgehead atoms. The zero-order chi connectivity index (χ0) is 14.0. The van der Waals surface area contributed by atoms with E-state index in [4.69, 9.17) is 5.73 Å². The van der Waals surface area contributed by atoms with Crippen LogP contribution in [0, 0.1) is 6.92 Å². The Bertz CT molecular complexity index is 462. The first kappa shape index (κ1) is 13.9. The normalized spacial score (nSPS) is 24.2. The molecule has 2 unspecified atom stereocenters. The number of hydrogen-bond acceptors (Lipinski definition) is 3. The van der Waals surface area contributed by atoms with Crippen molar-refractivity contribution in [2.45, 2.75) is 52.1 Å². The summed E-state index contributed by atoms with van der Waals surface area (Å²) in [5.74, 6) is -0.0644. The molecule has 1 aromatic carbocycles. The average Bonchev–Trinajstić information content (AvgIpc) is 2.37. The second kappa shape index (κ2) is 5.61. The van der Waals surface area contributed by atoms with Crippen molar-refractivity contribution in [2.24, 2.45) is 0 Å². The fraction of sp³-hybridized carbons (Fsp3) is 0.533. The Balaban J connectivity index is 2.14. The monoisotopic (exact) mass is 261 g/mol. The van der Waals surface area contributed by atoms with Crippen LogP contribution in [0.2, 0.25) is 0 Å². The van der Waals surface area contributed by atoms with Crippen LogP contribution < -0.4 is 11.2 Å². The van der Waals surface area contributed by atoms with Crippen LogP contribution in [0.4, 0.5) is 5.69 Å². The fourth-order valence-corrected chi connectivity index (χ4v) is 2.70. The number of hydrogen-bond donors (Lipinski definition) is 2. The minimum atomic E-state index is -0.0644. The third-order valence-electron chi connectivity index (χ3n) is 3.93. The van der Waals surface area contributed by atoms with Gasteiger partial charge in [-0.2, -0.15) is 0 Å². The number of benzene rings is 1. The highest BCUT2D eigenvalue weighted by Crippen LogP contribution is 2.21. The molecule has 1 saturated heterocycles. The van der Waals surface area contributed by atoms with Gasteiger partial charge in [0.2, 0.25) is 0 Å². The van der Waals surface area contributed by atoms with Gasteiger partial charge < -0.3 is 5.73 Å². The molecule has 1 aliphatic heterocycles. The van der Waals surface area contributed by atoms with Crippen LogP contribution in [0.3, 0.4) is 0 Å². The Morgan fingerprint density at radius 1 is 1.32 bits per heavy atom.